The number of alkyl halides is 9. The molecular weight excluding hydrogens is 371 g/mol. The molecule has 4 atom stereocenters. The molecule has 4 unspecified atom stereocenters. The predicted molar refractivity (Wildman–Crippen MR) is 66.1 cm³/mol. The van der Waals surface area contributed by atoms with Crippen molar-refractivity contribution in [1.82, 2.24) is 0 Å². The Bertz CT molecular complexity index is 506. The highest BCUT2D eigenvalue weighted by atomic mass is 19.4. The van der Waals surface area contributed by atoms with Crippen molar-refractivity contribution < 1.29 is 49.4 Å². The van der Waals surface area contributed by atoms with Crippen LogP contribution in [-0.4, -0.2) is 35.3 Å². The summed E-state index contributed by atoms with van der Waals surface area (Å²) in [5.74, 6) is -4.06. The zero-order chi connectivity index (χ0) is 19.4. The van der Waals surface area contributed by atoms with Crippen molar-refractivity contribution in [3.63, 3.8) is 0 Å². The normalized spacial score (nSPS) is 30.6. The van der Waals surface area contributed by atoms with Gasteiger partial charge in [-0.25, -0.2) is 0 Å². The van der Waals surface area contributed by atoms with Crippen molar-refractivity contribution in [1.29, 1.82) is 0 Å². The van der Waals surface area contributed by atoms with Crippen LogP contribution in [0.2, 0.25) is 0 Å². The first kappa shape index (κ1) is 20.2. The first-order valence-electron chi connectivity index (χ1n) is 7.35. The molecule has 2 saturated carbocycles. The Labute approximate surface area is 136 Å². The molecule has 2 aliphatic rings. The number of fused-ring (bicyclic) bond motifs is 2. The Kier molecular flexibility index (Phi) is 4.81. The van der Waals surface area contributed by atoms with Crippen LogP contribution in [0.3, 0.4) is 0 Å². The molecule has 0 radical (unpaired) electrons. The van der Waals surface area contributed by atoms with E-state index in [1.54, 1.807) is 0 Å². The number of hydrogen-bond acceptors (Lipinski definition) is 2. The zero-order valence-corrected chi connectivity index (χ0v) is 12.6. The van der Waals surface area contributed by atoms with E-state index >= 15 is 0 Å². The molecule has 0 amide bonds. The van der Waals surface area contributed by atoms with Gasteiger partial charge in [0.2, 0.25) is 0 Å². The van der Waals surface area contributed by atoms with Gasteiger partial charge in [-0.15, -0.1) is 0 Å². The fourth-order valence-corrected chi connectivity index (χ4v) is 3.82. The average Bonchev–Trinajstić information content (AvgIpc) is 2.93. The molecule has 2 bridgehead atoms. The molecule has 2 nitrogen and oxygen atoms in total. The Morgan fingerprint density at radius 2 is 1.44 bits per heavy atom. The maximum absolute atomic E-state index is 12.8. The van der Waals surface area contributed by atoms with Gasteiger partial charge in [0.25, 0.3) is 5.60 Å². The summed E-state index contributed by atoms with van der Waals surface area (Å²) < 4.78 is 119. The fraction of sp³-hybridized carbons (Fsp3) is 0.857. The first-order valence-corrected chi connectivity index (χ1v) is 7.35. The molecule has 0 aliphatic heterocycles. The first-order chi connectivity index (χ1) is 11.1. The van der Waals surface area contributed by atoms with E-state index in [2.05, 4.69) is 11.3 Å². The molecule has 0 saturated heterocycles. The van der Waals surface area contributed by atoms with Gasteiger partial charge in [-0.1, -0.05) is 6.58 Å². The minimum Gasteiger partial charge on any atom is -0.486 e. The third-order valence-electron chi connectivity index (χ3n) is 5.00. The summed E-state index contributed by atoms with van der Waals surface area (Å²) in [6.07, 6.45) is -19.3. The van der Waals surface area contributed by atoms with Gasteiger partial charge in [0.05, 0.1) is 0 Å². The van der Waals surface area contributed by atoms with Gasteiger partial charge in [0, 0.05) is 0 Å². The second kappa shape index (κ2) is 5.95. The van der Waals surface area contributed by atoms with Crippen molar-refractivity contribution in [2.45, 2.75) is 55.9 Å². The molecule has 146 valence electrons. The van der Waals surface area contributed by atoms with Crippen molar-refractivity contribution in [2.75, 3.05) is 0 Å². The highest BCUT2D eigenvalue weighted by Gasteiger charge is 2.71. The molecule has 2 aliphatic carbocycles. The predicted octanol–water partition coefficient (Wildman–Crippen LogP) is 4.74. The Balaban J connectivity index is 2.15. The maximum atomic E-state index is 12.8. The van der Waals surface area contributed by atoms with Crippen LogP contribution in [0.15, 0.2) is 12.3 Å². The quantitative estimate of drug-likeness (QED) is 0.559. The standard InChI is InChI=1S/C14H15F9O2/c1-6(12(15,16)17)25-10-4-7-2-8(9(10)3-7)5-11(24,13(18,19)20)14(21,22)23/h7-10,24H,1-5H2. The van der Waals surface area contributed by atoms with E-state index in [0.717, 1.165) is 0 Å². The molecule has 0 aromatic rings. The van der Waals surface area contributed by atoms with Crippen LogP contribution in [0.5, 0.6) is 0 Å². The lowest BCUT2D eigenvalue weighted by Gasteiger charge is -2.38. The van der Waals surface area contributed by atoms with Crippen LogP contribution in [0, 0.1) is 17.8 Å². The average molecular weight is 386 g/mol. The summed E-state index contributed by atoms with van der Waals surface area (Å²) in [6.45, 7) is 2.69. The van der Waals surface area contributed by atoms with Gasteiger partial charge in [0.15, 0.2) is 5.76 Å². The van der Waals surface area contributed by atoms with Gasteiger partial charge >= 0.3 is 18.5 Å². The van der Waals surface area contributed by atoms with E-state index < -0.39 is 54.2 Å². The Hall–Kier alpha value is -1.13. The minimum absolute atomic E-state index is 0.0303. The Morgan fingerprint density at radius 3 is 1.84 bits per heavy atom. The number of halogens is 9. The molecule has 0 aromatic heterocycles. The number of allylic oxidation sites excluding steroid dienone is 1. The van der Waals surface area contributed by atoms with E-state index in [1.165, 1.54) is 0 Å². The topological polar surface area (TPSA) is 29.5 Å². The van der Waals surface area contributed by atoms with Crippen LogP contribution < -0.4 is 0 Å². The summed E-state index contributed by atoms with van der Waals surface area (Å²) in [7, 11) is 0. The van der Waals surface area contributed by atoms with Crippen LogP contribution >= 0.6 is 0 Å². The fourth-order valence-electron chi connectivity index (χ4n) is 3.82. The molecule has 2 fully saturated rings. The van der Waals surface area contributed by atoms with Gasteiger partial charge in [-0.3, -0.25) is 0 Å². The van der Waals surface area contributed by atoms with E-state index in [-0.39, 0.29) is 25.2 Å². The van der Waals surface area contributed by atoms with Crippen molar-refractivity contribution in [3.8, 4) is 0 Å². The lowest BCUT2D eigenvalue weighted by atomic mass is 9.78. The molecule has 0 aromatic carbocycles. The van der Waals surface area contributed by atoms with Gasteiger partial charge in [-0.05, 0) is 43.4 Å². The van der Waals surface area contributed by atoms with E-state index in [1.807, 2.05) is 0 Å². The lowest BCUT2D eigenvalue weighted by molar-refractivity contribution is -0.373. The monoisotopic (exact) mass is 386 g/mol. The number of hydrogen-bond donors (Lipinski definition) is 1. The van der Waals surface area contributed by atoms with Crippen LogP contribution in [0.4, 0.5) is 39.5 Å². The summed E-state index contributed by atoms with van der Waals surface area (Å²) >= 11 is 0. The summed E-state index contributed by atoms with van der Waals surface area (Å²) in [5.41, 5.74) is -4.90. The smallest absolute Gasteiger partial charge is 0.448 e. The second-order valence-corrected chi connectivity index (χ2v) is 6.63. The molecular formula is C14H15F9O2. The van der Waals surface area contributed by atoms with E-state index in [4.69, 9.17) is 0 Å². The molecule has 1 N–H and O–H groups in total. The zero-order valence-electron chi connectivity index (χ0n) is 12.6. The largest absolute Gasteiger partial charge is 0.486 e. The minimum atomic E-state index is -5.95. The van der Waals surface area contributed by atoms with Gasteiger partial charge < -0.3 is 9.84 Å². The molecule has 2 rings (SSSR count). The van der Waals surface area contributed by atoms with Crippen molar-refractivity contribution in [3.05, 3.63) is 12.3 Å². The third kappa shape index (κ3) is 3.70. The highest BCUT2D eigenvalue weighted by Crippen LogP contribution is 2.56. The van der Waals surface area contributed by atoms with E-state index in [0.29, 0.717) is 0 Å². The third-order valence-corrected chi connectivity index (χ3v) is 5.00. The Morgan fingerprint density at radius 1 is 0.920 bits per heavy atom. The van der Waals surface area contributed by atoms with Crippen LogP contribution in [-0.2, 0) is 4.74 Å². The van der Waals surface area contributed by atoms with E-state index in [9.17, 15) is 44.6 Å². The van der Waals surface area contributed by atoms with Gasteiger partial charge in [0.1, 0.15) is 6.10 Å². The molecule has 11 heteroatoms. The summed E-state index contributed by atoms with van der Waals surface area (Å²) in [5, 5.41) is 9.28. The number of ether oxygens (including phenoxy) is 1. The highest BCUT2D eigenvalue weighted by molar-refractivity contribution is 5.05. The van der Waals surface area contributed by atoms with Crippen LogP contribution in [0.25, 0.3) is 0 Å². The molecule has 25 heavy (non-hydrogen) atoms. The number of rotatable bonds is 4. The summed E-state index contributed by atoms with van der Waals surface area (Å²) in [4.78, 5) is 0. The van der Waals surface area contributed by atoms with Gasteiger partial charge in [-0.2, -0.15) is 39.5 Å². The second-order valence-electron chi connectivity index (χ2n) is 6.63. The maximum Gasteiger partial charge on any atom is 0.448 e. The van der Waals surface area contributed by atoms with Crippen molar-refractivity contribution in [2.24, 2.45) is 17.8 Å². The number of aliphatic hydroxyl groups is 1. The van der Waals surface area contributed by atoms with Crippen molar-refractivity contribution >= 4 is 0 Å². The lowest BCUT2D eigenvalue weighted by Crippen LogP contribution is -2.58. The molecule has 0 spiro atoms. The SMILES string of the molecule is C=C(OC1CC2CC(CC(O)(C(F)(F)F)C(F)(F)F)C1C2)C(F)(F)F. The summed E-state index contributed by atoms with van der Waals surface area (Å²) in [6, 6.07) is 0. The molecule has 0 heterocycles. The van der Waals surface area contributed by atoms with Crippen LogP contribution in [0.1, 0.15) is 25.7 Å².